The van der Waals surface area contributed by atoms with Crippen LogP contribution in [0.15, 0.2) is 55.1 Å². The van der Waals surface area contributed by atoms with Gasteiger partial charge in [0, 0.05) is 0 Å². The van der Waals surface area contributed by atoms with E-state index in [-0.39, 0.29) is 17.0 Å². The van der Waals surface area contributed by atoms with E-state index in [1.165, 1.54) is 22.3 Å². The van der Waals surface area contributed by atoms with Crippen molar-refractivity contribution in [2.24, 2.45) is 0 Å². The highest BCUT2D eigenvalue weighted by atomic mass is 79.9. The molecule has 0 spiro atoms. The highest BCUT2D eigenvalue weighted by molar-refractivity contribution is 8.93. The standard InChI is InChI=1S/C20H24O.BrH/c1-5-6-18-13-17(9-12-20(18)15(2)3)14-21-19-10-7-16(4)8-11-19;/h5,7-13,15H,1,6,14H2,2-4H3;1H. The van der Waals surface area contributed by atoms with Gasteiger partial charge in [-0.3, -0.25) is 0 Å². The molecule has 0 saturated heterocycles. The second kappa shape index (κ2) is 8.79. The normalized spacial score (nSPS) is 10.2. The summed E-state index contributed by atoms with van der Waals surface area (Å²) in [6, 6.07) is 14.8. The molecule has 0 unspecified atom stereocenters. The van der Waals surface area contributed by atoms with Gasteiger partial charge in [0.05, 0.1) is 0 Å². The molecular weight excluding hydrogens is 336 g/mol. The van der Waals surface area contributed by atoms with Gasteiger partial charge < -0.3 is 4.74 Å². The van der Waals surface area contributed by atoms with E-state index in [0.29, 0.717) is 12.5 Å². The summed E-state index contributed by atoms with van der Waals surface area (Å²) in [6.07, 6.45) is 2.87. The van der Waals surface area contributed by atoms with E-state index in [2.05, 4.69) is 57.7 Å². The predicted octanol–water partition coefficient (Wildman–Crippen LogP) is 6.00. The fourth-order valence-electron chi connectivity index (χ4n) is 2.45. The second-order valence-electron chi connectivity index (χ2n) is 5.78. The lowest BCUT2D eigenvalue weighted by Gasteiger charge is -2.14. The van der Waals surface area contributed by atoms with Gasteiger partial charge in [0.15, 0.2) is 0 Å². The number of benzene rings is 2. The number of allylic oxidation sites excluding steroid dienone is 1. The van der Waals surface area contributed by atoms with Crippen molar-refractivity contribution in [3.05, 3.63) is 77.4 Å². The number of hydrogen-bond donors (Lipinski definition) is 0. The summed E-state index contributed by atoms with van der Waals surface area (Å²) in [5.74, 6) is 1.45. The molecular formula is C20H25BrO. The third kappa shape index (κ3) is 5.03. The molecule has 0 aliphatic heterocycles. The maximum absolute atomic E-state index is 5.85. The monoisotopic (exact) mass is 360 g/mol. The molecule has 0 amide bonds. The zero-order chi connectivity index (χ0) is 15.2. The van der Waals surface area contributed by atoms with Gasteiger partial charge in [-0.05, 0) is 48.1 Å². The summed E-state index contributed by atoms with van der Waals surface area (Å²) in [7, 11) is 0. The molecule has 22 heavy (non-hydrogen) atoms. The Balaban J connectivity index is 0.00000242. The van der Waals surface area contributed by atoms with Crippen molar-refractivity contribution in [1.82, 2.24) is 0 Å². The van der Waals surface area contributed by atoms with Gasteiger partial charge in [-0.2, -0.15) is 0 Å². The average Bonchev–Trinajstić information content (AvgIpc) is 2.47. The van der Waals surface area contributed by atoms with Gasteiger partial charge in [0.1, 0.15) is 12.4 Å². The van der Waals surface area contributed by atoms with Gasteiger partial charge in [-0.15, -0.1) is 23.6 Å². The van der Waals surface area contributed by atoms with Crippen LogP contribution in [0.3, 0.4) is 0 Å². The van der Waals surface area contributed by atoms with Gasteiger partial charge in [0.2, 0.25) is 0 Å². The van der Waals surface area contributed by atoms with Crippen LogP contribution in [0.25, 0.3) is 0 Å². The molecule has 0 aromatic heterocycles. The third-order valence-corrected chi connectivity index (χ3v) is 3.62. The SMILES string of the molecule is Br.C=CCc1cc(COc2ccc(C)cc2)ccc1C(C)C. The van der Waals surface area contributed by atoms with Crippen molar-refractivity contribution in [3.63, 3.8) is 0 Å². The smallest absolute Gasteiger partial charge is 0.119 e. The first-order valence-electron chi connectivity index (χ1n) is 7.52. The fourth-order valence-corrected chi connectivity index (χ4v) is 2.45. The number of hydrogen-bond acceptors (Lipinski definition) is 1. The largest absolute Gasteiger partial charge is 0.489 e. The van der Waals surface area contributed by atoms with E-state index >= 15 is 0 Å². The molecule has 0 N–H and O–H groups in total. The molecule has 2 heteroatoms. The van der Waals surface area contributed by atoms with Crippen LogP contribution in [0.5, 0.6) is 5.75 Å². The molecule has 1 nitrogen and oxygen atoms in total. The summed E-state index contributed by atoms with van der Waals surface area (Å²) in [6.45, 7) is 11.0. The van der Waals surface area contributed by atoms with Crippen LogP contribution in [-0.2, 0) is 13.0 Å². The minimum atomic E-state index is 0. The van der Waals surface area contributed by atoms with Gasteiger partial charge in [-0.25, -0.2) is 0 Å². The Morgan fingerprint density at radius 1 is 1.09 bits per heavy atom. The molecule has 118 valence electrons. The molecule has 0 radical (unpaired) electrons. The van der Waals surface area contributed by atoms with Crippen molar-refractivity contribution in [2.45, 2.75) is 39.7 Å². The Bertz CT molecular complexity index is 600. The maximum Gasteiger partial charge on any atom is 0.119 e. The summed E-state index contributed by atoms with van der Waals surface area (Å²) in [5.41, 5.74) is 5.20. The second-order valence-corrected chi connectivity index (χ2v) is 5.78. The van der Waals surface area contributed by atoms with Crippen molar-refractivity contribution in [2.75, 3.05) is 0 Å². The van der Waals surface area contributed by atoms with Crippen LogP contribution in [0.1, 0.15) is 42.0 Å². The topological polar surface area (TPSA) is 9.23 Å². The van der Waals surface area contributed by atoms with E-state index < -0.39 is 0 Å². The predicted molar refractivity (Wildman–Crippen MR) is 100 cm³/mol. The number of halogens is 1. The first-order valence-corrected chi connectivity index (χ1v) is 7.52. The summed E-state index contributed by atoms with van der Waals surface area (Å²) in [4.78, 5) is 0. The quantitative estimate of drug-likeness (QED) is 0.573. The molecule has 0 atom stereocenters. The first-order chi connectivity index (χ1) is 10.1. The summed E-state index contributed by atoms with van der Waals surface area (Å²) in [5, 5.41) is 0. The van der Waals surface area contributed by atoms with E-state index in [9.17, 15) is 0 Å². The first kappa shape index (κ1) is 18.5. The van der Waals surface area contributed by atoms with Crippen LogP contribution < -0.4 is 4.74 Å². The molecule has 2 rings (SSSR count). The van der Waals surface area contributed by atoms with Gasteiger partial charge >= 0.3 is 0 Å². The van der Waals surface area contributed by atoms with Gasteiger partial charge in [-0.1, -0.05) is 55.8 Å². The zero-order valence-corrected chi connectivity index (χ0v) is 15.3. The molecule has 0 bridgehead atoms. The third-order valence-electron chi connectivity index (χ3n) is 3.62. The molecule has 0 heterocycles. The zero-order valence-electron chi connectivity index (χ0n) is 13.6. The minimum absolute atomic E-state index is 0. The Morgan fingerprint density at radius 2 is 1.77 bits per heavy atom. The molecule has 0 fully saturated rings. The number of ether oxygens (including phenoxy) is 1. The maximum atomic E-state index is 5.85. The molecule has 0 aliphatic carbocycles. The fraction of sp³-hybridized carbons (Fsp3) is 0.300. The van der Waals surface area contributed by atoms with Crippen LogP contribution >= 0.6 is 17.0 Å². The summed E-state index contributed by atoms with van der Waals surface area (Å²) < 4.78 is 5.85. The van der Waals surface area contributed by atoms with Crippen molar-refractivity contribution >= 4 is 17.0 Å². The highest BCUT2D eigenvalue weighted by Gasteiger charge is 2.07. The lowest BCUT2D eigenvalue weighted by atomic mass is 9.93. The van der Waals surface area contributed by atoms with Crippen LogP contribution in [0.4, 0.5) is 0 Å². The minimum Gasteiger partial charge on any atom is -0.489 e. The molecule has 2 aromatic carbocycles. The van der Waals surface area contributed by atoms with Crippen LogP contribution in [0, 0.1) is 6.92 Å². The number of rotatable bonds is 6. The average molecular weight is 361 g/mol. The molecule has 0 aliphatic rings. The van der Waals surface area contributed by atoms with Crippen LogP contribution in [0.2, 0.25) is 0 Å². The lowest BCUT2D eigenvalue weighted by molar-refractivity contribution is 0.306. The van der Waals surface area contributed by atoms with E-state index in [1.807, 2.05) is 18.2 Å². The number of aryl methyl sites for hydroxylation is 1. The molecule has 2 aromatic rings. The lowest BCUT2D eigenvalue weighted by Crippen LogP contribution is -2.00. The van der Waals surface area contributed by atoms with E-state index in [1.54, 1.807) is 0 Å². The van der Waals surface area contributed by atoms with Crippen molar-refractivity contribution in [3.8, 4) is 5.75 Å². The van der Waals surface area contributed by atoms with Gasteiger partial charge in [0.25, 0.3) is 0 Å². The Kier molecular flexibility index (Phi) is 7.40. The van der Waals surface area contributed by atoms with Crippen LogP contribution in [-0.4, -0.2) is 0 Å². The van der Waals surface area contributed by atoms with Crippen molar-refractivity contribution in [1.29, 1.82) is 0 Å². The van der Waals surface area contributed by atoms with E-state index in [0.717, 1.165) is 12.2 Å². The molecule has 0 saturated carbocycles. The van der Waals surface area contributed by atoms with E-state index in [4.69, 9.17) is 4.74 Å². The highest BCUT2D eigenvalue weighted by Crippen LogP contribution is 2.22. The Labute approximate surface area is 144 Å². The summed E-state index contributed by atoms with van der Waals surface area (Å²) >= 11 is 0. The van der Waals surface area contributed by atoms with Crippen molar-refractivity contribution < 1.29 is 4.74 Å². The Hall–Kier alpha value is -1.54. The Morgan fingerprint density at radius 3 is 2.36 bits per heavy atom.